The highest BCUT2D eigenvalue weighted by atomic mass is 19.1. The number of ether oxygens (including phenoxy) is 1. The monoisotopic (exact) mass is 435 g/mol. The Morgan fingerprint density at radius 3 is 2.68 bits per heavy atom. The number of carbonyl (C=O) groups is 1. The highest BCUT2D eigenvalue weighted by molar-refractivity contribution is 5.89. The number of ketones is 1. The fraction of sp³-hybridized carbons (Fsp3) is 0.708. The molecule has 1 atom stereocenters. The van der Waals surface area contributed by atoms with E-state index in [1.54, 1.807) is 6.92 Å². The quantitative estimate of drug-likeness (QED) is 0.588. The number of likely N-dealkylation sites (tertiary alicyclic amines) is 2. The molecule has 2 aliphatic rings. The minimum Gasteiger partial charge on any atom is -0.492 e. The Morgan fingerprint density at radius 1 is 1.32 bits per heavy atom. The minimum atomic E-state index is -0.762. The van der Waals surface area contributed by atoms with Crippen LogP contribution in [0.2, 0.25) is 0 Å². The summed E-state index contributed by atoms with van der Waals surface area (Å²) in [6.07, 6.45) is 4.01. The molecule has 2 saturated heterocycles. The summed E-state index contributed by atoms with van der Waals surface area (Å²) in [6.45, 7) is 8.22. The third kappa shape index (κ3) is 5.28. The van der Waals surface area contributed by atoms with Crippen molar-refractivity contribution in [3.8, 4) is 5.75 Å². The van der Waals surface area contributed by atoms with E-state index in [1.165, 1.54) is 6.07 Å². The van der Waals surface area contributed by atoms with E-state index < -0.39 is 5.41 Å². The van der Waals surface area contributed by atoms with Gasteiger partial charge in [-0.2, -0.15) is 0 Å². The average molecular weight is 436 g/mol. The molecule has 0 bridgehead atoms. The van der Waals surface area contributed by atoms with E-state index in [1.807, 2.05) is 20.0 Å². The molecule has 7 heteroatoms. The van der Waals surface area contributed by atoms with Crippen molar-refractivity contribution in [2.24, 2.45) is 0 Å². The highest BCUT2D eigenvalue weighted by Gasteiger charge is 2.43. The van der Waals surface area contributed by atoms with Crippen LogP contribution >= 0.6 is 0 Å². The third-order valence-electron chi connectivity index (χ3n) is 7.13. The number of rotatable bonds is 10. The SMILES string of the molecule is CCc1cc(OCCN2CCCC2CO)cc(F)c1C1(C(C)=O)CCN(CNC)CC1. The number of halogens is 1. The van der Waals surface area contributed by atoms with E-state index >= 15 is 4.39 Å². The van der Waals surface area contributed by atoms with Crippen LogP contribution in [-0.2, 0) is 16.6 Å². The van der Waals surface area contributed by atoms with E-state index in [0.717, 1.165) is 51.3 Å². The molecule has 2 heterocycles. The van der Waals surface area contributed by atoms with Crippen LogP contribution in [0, 0.1) is 5.82 Å². The van der Waals surface area contributed by atoms with Crippen LogP contribution in [0.1, 0.15) is 50.7 Å². The van der Waals surface area contributed by atoms with Crippen molar-refractivity contribution in [2.45, 2.75) is 57.4 Å². The molecule has 0 amide bonds. The number of carbonyl (C=O) groups excluding carboxylic acids is 1. The molecular formula is C24H38FN3O3. The number of hydrogen-bond acceptors (Lipinski definition) is 6. The van der Waals surface area contributed by atoms with Crippen molar-refractivity contribution >= 4 is 5.78 Å². The predicted octanol–water partition coefficient (Wildman–Crippen LogP) is 2.32. The third-order valence-corrected chi connectivity index (χ3v) is 7.13. The number of aliphatic hydroxyl groups excluding tert-OH is 1. The van der Waals surface area contributed by atoms with Crippen LogP contribution in [0.3, 0.4) is 0 Å². The molecule has 6 nitrogen and oxygen atoms in total. The normalized spacial score (nSPS) is 22.0. The van der Waals surface area contributed by atoms with Crippen molar-refractivity contribution < 1.29 is 19.0 Å². The zero-order chi connectivity index (χ0) is 22.4. The van der Waals surface area contributed by atoms with E-state index in [9.17, 15) is 9.90 Å². The van der Waals surface area contributed by atoms with Crippen molar-refractivity contribution in [3.63, 3.8) is 0 Å². The van der Waals surface area contributed by atoms with E-state index in [2.05, 4.69) is 15.1 Å². The smallest absolute Gasteiger partial charge is 0.140 e. The summed E-state index contributed by atoms with van der Waals surface area (Å²) in [5.74, 6) is 0.230. The van der Waals surface area contributed by atoms with Crippen molar-refractivity contribution in [2.75, 3.05) is 53.1 Å². The van der Waals surface area contributed by atoms with Crippen LogP contribution in [-0.4, -0.2) is 79.8 Å². The number of aryl methyl sites for hydroxylation is 1. The average Bonchev–Trinajstić information content (AvgIpc) is 3.21. The van der Waals surface area contributed by atoms with Gasteiger partial charge >= 0.3 is 0 Å². The Morgan fingerprint density at radius 2 is 2.06 bits per heavy atom. The summed E-state index contributed by atoms with van der Waals surface area (Å²) in [6, 6.07) is 3.57. The Kier molecular flexibility index (Phi) is 8.44. The topological polar surface area (TPSA) is 65.0 Å². The second-order valence-electron chi connectivity index (χ2n) is 8.92. The van der Waals surface area contributed by atoms with Crippen molar-refractivity contribution in [3.05, 3.63) is 29.1 Å². The van der Waals surface area contributed by atoms with Crippen LogP contribution in [0.25, 0.3) is 0 Å². The van der Waals surface area contributed by atoms with Gasteiger partial charge in [0, 0.05) is 44.0 Å². The molecule has 31 heavy (non-hydrogen) atoms. The van der Waals surface area contributed by atoms with Gasteiger partial charge < -0.3 is 15.2 Å². The number of nitrogens with one attached hydrogen (secondary N) is 1. The van der Waals surface area contributed by atoms with Crippen molar-refractivity contribution in [1.29, 1.82) is 0 Å². The van der Waals surface area contributed by atoms with Gasteiger partial charge in [-0.3, -0.25) is 14.6 Å². The molecule has 1 unspecified atom stereocenters. The first kappa shape index (κ1) is 24.1. The van der Waals surface area contributed by atoms with Crippen molar-refractivity contribution in [1.82, 2.24) is 15.1 Å². The summed E-state index contributed by atoms with van der Waals surface area (Å²) < 4.78 is 21.4. The van der Waals surface area contributed by atoms with Gasteiger partial charge in [0.15, 0.2) is 0 Å². The number of piperidine rings is 1. The maximum atomic E-state index is 15.5. The van der Waals surface area contributed by atoms with Gasteiger partial charge in [0.25, 0.3) is 0 Å². The van der Waals surface area contributed by atoms with Crippen LogP contribution in [0.4, 0.5) is 4.39 Å². The van der Waals surface area contributed by atoms with E-state index in [-0.39, 0.29) is 24.2 Å². The predicted molar refractivity (Wildman–Crippen MR) is 120 cm³/mol. The van der Waals surface area contributed by atoms with E-state index in [4.69, 9.17) is 4.74 Å². The van der Waals surface area contributed by atoms with Crippen LogP contribution in [0.5, 0.6) is 5.75 Å². The number of hydrogen-bond donors (Lipinski definition) is 2. The maximum absolute atomic E-state index is 15.5. The van der Waals surface area contributed by atoms with Gasteiger partial charge in [-0.05, 0) is 64.3 Å². The highest BCUT2D eigenvalue weighted by Crippen LogP contribution is 2.41. The Bertz CT molecular complexity index is 750. The first-order valence-corrected chi connectivity index (χ1v) is 11.6. The lowest BCUT2D eigenvalue weighted by molar-refractivity contribution is -0.124. The lowest BCUT2D eigenvalue weighted by atomic mass is 9.68. The molecule has 0 aromatic heterocycles. The Labute approximate surface area is 185 Å². The van der Waals surface area contributed by atoms with Gasteiger partial charge in [-0.15, -0.1) is 0 Å². The fourth-order valence-corrected chi connectivity index (χ4v) is 5.31. The molecule has 0 aliphatic carbocycles. The molecule has 0 saturated carbocycles. The molecule has 0 radical (unpaired) electrons. The van der Waals surface area contributed by atoms with Gasteiger partial charge in [0.05, 0.1) is 12.0 Å². The summed E-state index contributed by atoms with van der Waals surface area (Å²) in [5.41, 5.74) is 0.669. The van der Waals surface area contributed by atoms with E-state index in [0.29, 0.717) is 37.2 Å². The van der Waals surface area contributed by atoms with Crippen LogP contribution < -0.4 is 10.1 Å². The number of benzene rings is 1. The summed E-state index contributed by atoms with van der Waals surface area (Å²) in [7, 11) is 1.91. The molecule has 2 aliphatic heterocycles. The van der Waals surface area contributed by atoms with Gasteiger partial charge in [0.2, 0.25) is 0 Å². The van der Waals surface area contributed by atoms with Gasteiger partial charge in [0.1, 0.15) is 24.0 Å². The molecule has 0 spiro atoms. The van der Waals surface area contributed by atoms with Gasteiger partial charge in [-0.1, -0.05) is 6.92 Å². The number of Topliss-reactive ketones (excluding diaryl/α,β-unsaturated/α-hetero) is 1. The maximum Gasteiger partial charge on any atom is 0.140 e. The lowest BCUT2D eigenvalue weighted by Gasteiger charge is -2.41. The zero-order valence-electron chi connectivity index (χ0n) is 19.3. The Balaban J connectivity index is 1.76. The van der Waals surface area contributed by atoms with Crippen LogP contribution in [0.15, 0.2) is 12.1 Å². The molecule has 3 rings (SSSR count). The standard InChI is InChI=1S/C24H38FN3O3/c1-4-19-14-21(31-13-12-28-9-5-6-20(28)16-29)15-22(25)23(19)24(18(2)30)7-10-27(11-8-24)17-26-3/h14-15,20,26,29H,4-13,16-17H2,1-3H3. The minimum absolute atomic E-state index is 0.0444. The summed E-state index contributed by atoms with van der Waals surface area (Å²) in [5, 5.41) is 12.6. The first-order valence-electron chi connectivity index (χ1n) is 11.6. The molecular weight excluding hydrogens is 397 g/mol. The molecule has 174 valence electrons. The zero-order valence-corrected chi connectivity index (χ0v) is 19.3. The molecule has 1 aromatic rings. The second-order valence-corrected chi connectivity index (χ2v) is 8.92. The first-order chi connectivity index (χ1) is 14.9. The summed E-state index contributed by atoms with van der Waals surface area (Å²) >= 11 is 0. The lowest BCUT2D eigenvalue weighted by Crippen LogP contribution is -2.49. The largest absolute Gasteiger partial charge is 0.492 e. The molecule has 2 fully saturated rings. The summed E-state index contributed by atoms with van der Waals surface area (Å²) in [4.78, 5) is 17.3. The number of nitrogens with zero attached hydrogens (tertiary/aromatic N) is 2. The second kappa shape index (κ2) is 10.9. The van der Waals surface area contributed by atoms with Gasteiger partial charge in [-0.25, -0.2) is 4.39 Å². The number of aliphatic hydroxyl groups is 1. The molecule has 1 aromatic carbocycles. The molecule has 2 N–H and O–H groups in total. The Hall–Kier alpha value is -1.54. The fourth-order valence-electron chi connectivity index (χ4n) is 5.31.